The van der Waals surface area contributed by atoms with Crippen LogP contribution in [-0.4, -0.2) is 24.3 Å². The lowest BCUT2D eigenvalue weighted by Crippen LogP contribution is -2.35. The van der Waals surface area contributed by atoms with E-state index in [0.29, 0.717) is 32.9 Å². The molecule has 0 radical (unpaired) electrons. The number of nitrogens with one attached hydrogen (secondary N) is 2. The van der Waals surface area contributed by atoms with Gasteiger partial charge in [0.2, 0.25) is 0 Å². The molecule has 0 unspecified atom stereocenters. The lowest BCUT2D eigenvalue weighted by Gasteiger charge is -2.30. The molecule has 0 saturated carbocycles. The smallest absolute Gasteiger partial charge is 0.262 e. The number of carbonyl (C=O) groups is 2. The highest BCUT2D eigenvalue weighted by Crippen LogP contribution is 2.38. The van der Waals surface area contributed by atoms with Gasteiger partial charge in [-0.15, -0.1) is 0 Å². The molecule has 42 heavy (non-hydrogen) atoms. The number of hydrogen-bond donors (Lipinski definition) is 2. The topological polar surface area (TPSA) is 83.0 Å². The molecule has 0 aromatic heterocycles. The number of hydrogen-bond acceptors (Lipinski definition) is 4. The van der Waals surface area contributed by atoms with Crippen LogP contribution in [0.4, 0.5) is 17.1 Å². The summed E-state index contributed by atoms with van der Waals surface area (Å²) in [6.07, 6.45) is 2.06. The van der Waals surface area contributed by atoms with Crippen molar-refractivity contribution in [1.29, 1.82) is 0 Å². The molecule has 1 aliphatic heterocycles. The summed E-state index contributed by atoms with van der Waals surface area (Å²) in [7, 11) is 0. The average molecular weight is 610 g/mol. The number of halogens is 2. The monoisotopic (exact) mass is 608 g/mol. The Morgan fingerprint density at radius 1 is 0.976 bits per heavy atom. The summed E-state index contributed by atoms with van der Waals surface area (Å²) in [5, 5.41) is 5.20. The van der Waals surface area contributed by atoms with Crippen LogP contribution in [0.5, 0.6) is 5.75 Å². The van der Waals surface area contributed by atoms with E-state index < -0.39 is 0 Å². The van der Waals surface area contributed by atoms with Gasteiger partial charge < -0.3 is 10.1 Å². The largest absolute Gasteiger partial charge is 0.483 e. The van der Waals surface area contributed by atoms with Crippen LogP contribution in [0.3, 0.4) is 0 Å². The number of rotatable bonds is 10. The number of amidine groups is 1. The van der Waals surface area contributed by atoms with Crippen LogP contribution >= 0.6 is 23.2 Å². The number of anilines is 2. The summed E-state index contributed by atoms with van der Waals surface area (Å²) in [4.78, 5) is 29.9. The Labute approximate surface area is 258 Å². The third-order valence-electron chi connectivity index (χ3n) is 8.00. The van der Waals surface area contributed by atoms with Crippen molar-refractivity contribution in [3.8, 4) is 5.75 Å². The molecular weight excluding hydrogens is 571 g/mol. The quantitative estimate of drug-likeness (QED) is 0.242. The second-order valence-electron chi connectivity index (χ2n) is 11.7. The highest BCUT2D eigenvalue weighted by molar-refractivity contribution is 6.36. The first kappa shape index (κ1) is 31.4. The molecule has 4 rings (SSSR count). The van der Waals surface area contributed by atoms with Gasteiger partial charge in [-0.2, -0.15) is 0 Å². The molecule has 3 aromatic carbocycles. The van der Waals surface area contributed by atoms with E-state index in [4.69, 9.17) is 27.9 Å². The molecule has 1 heterocycles. The zero-order valence-electron chi connectivity index (χ0n) is 25.0. The number of carbonyl (C=O) groups excluding carboxylic acids is 2. The molecule has 1 fully saturated rings. The van der Waals surface area contributed by atoms with E-state index in [9.17, 15) is 9.59 Å². The van der Waals surface area contributed by atoms with E-state index in [1.807, 2.05) is 6.07 Å². The summed E-state index contributed by atoms with van der Waals surface area (Å²) in [5.41, 5.74) is 7.05. The number of aliphatic imine (C=N–C) groups is 1. The van der Waals surface area contributed by atoms with Gasteiger partial charge in [-0.25, -0.2) is 10.0 Å². The molecule has 1 aliphatic rings. The van der Waals surface area contributed by atoms with E-state index in [-0.39, 0.29) is 35.7 Å². The molecule has 1 saturated heterocycles. The minimum atomic E-state index is -0.273. The van der Waals surface area contributed by atoms with Crippen LogP contribution < -0.4 is 20.5 Å². The fraction of sp³-hybridized carbons (Fsp3) is 0.364. The maximum atomic E-state index is 12.8. The molecule has 3 aromatic rings. The van der Waals surface area contributed by atoms with Crippen molar-refractivity contribution in [1.82, 2.24) is 5.43 Å². The Hall–Kier alpha value is -3.55. The minimum absolute atomic E-state index is 0.0502. The predicted octanol–water partition coefficient (Wildman–Crippen LogP) is 8.36. The molecular formula is C33H38Cl2N4O3. The Kier molecular flexibility index (Phi) is 9.53. The molecule has 9 heteroatoms. The molecule has 0 spiro atoms. The number of hydrazine groups is 1. The molecule has 0 aliphatic carbocycles. The van der Waals surface area contributed by atoms with Crippen LogP contribution in [0.25, 0.3) is 0 Å². The van der Waals surface area contributed by atoms with Gasteiger partial charge in [0.05, 0.1) is 22.8 Å². The van der Waals surface area contributed by atoms with Gasteiger partial charge in [0.15, 0.2) is 6.61 Å². The summed E-state index contributed by atoms with van der Waals surface area (Å²) < 4.78 is 6.05. The first-order valence-corrected chi connectivity index (χ1v) is 14.9. The van der Waals surface area contributed by atoms with Crippen LogP contribution in [0.1, 0.15) is 71.9 Å². The van der Waals surface area contributed by atoms with Gasteiger partial charge >= 0.3 is 0 Å². The third-order valence-corrected chi connectivity index (χ3v) is 8.54. The highest BCUT2D eigenvalue weighted by Gasteiger charge is 2.28. The van der Waals surface area contributed by atoms with Crippen molar-refractivity contribution in [3.05, 3.63) is 81.8 Å². The zero-order chi connectivity index (χ0) is 30.7. The standard InChI is InChI=1S/C33H38Cl2N4O3/c1-7-32(3,4)21-9-16-28(25(17-21)33(5,6)8-2)42-20-30(40)36-23-11-13-24(14-12-23)39-31(41)19-29(38-39)37-27-15-10-22(34)18-26(27)35/h9-18H,7-8,19-20H2,1-6H3,(H,36,40)(H,37,38). The molecule has 0 bridgehead atoms. The fourth-order valence-electron chi connectivity index (χ4n) is 4.48. The highest BCUT2D eigenvalue weighted by atomic mass is 35.5. The SMILES string of the molecule is CCC(C)(C)c1ccc(OCC(=O)Nc2ccc(N3NC(=Nc4ccc(Cl)cc4Cl)CC3=O)cc2)c(C(C)(C)CC)c1. The van der Waals surface area contributed by atoms with Crippen molar-refractivity contribution in [2.24, 2.45) is 4.99 Å². The first-order valence-electron chi connectivity index (χ1n) is 14.1. The van der Waals surface area contributed by atoms with Crippen molar-refractivity contribution in [2.45, 2.75) is 71.6 Å². The summed E-state index contributed by atoms with van der Waals surface area (Å²) >= 11 is 12.2. The lowest BCUT2D eigenvalue weighted by atomic mass is 9.76. The van der Waals surface area contributed by atoms with E-state index >= 15 is 0 Å². The number of benzene rings is 3. The van der Waals surface area contributed by atoms with E-state index in [2.05, 4.69) is 69.4 Å². The van der Waals surface area contributed by atoms with Gasteiger partial charge in [-0.05, 0) is 77.8 Å². The van der Waals surface area contributed by atoms with Gasteiger partial charge in [-0.3, -0.25) is 15.0 Å². The van der Waals surface area contributed by atoms with Crippen molar-refractivity contribution in [3.63, 3.8) is 0 Å². The number of amides is 2. The van der Waals surface area contributed by atoms with Crippen molar-refractivity contribution in [2.75, 3.05) is 16.9 Å². The maximum Gasteiger partial charge on any atom is 0.262 e. The van der Waals surface area contributed by atoms with Crippen LogP contribution in [0, 0.1) is 0 Å². The van der Waals surface area contributed by atoms with Crippen molar-refractivity contribution < 1.29 is 14.3 Å². The van der Waals surface area contributed by atoms with Gasteiger partial charge in [0.1, 0.15) is 11.6 Å². The predicted molar refractivity (Wildman–Crippen MR) is 172 cm³/mol. The summed E-state index contributed by atoms with van der Waals surface area (Å²) in [6, 6.07) is 18.3. The molecule has 2 amide bonds. The van der Waals surface area contributed by atoms with Gasteiger partial charge in [0, 0.05) is 16.3 Å². The van der Waals surface area contributed by atoms with Crippen LogP contribution in [0.15, 0.2) is 65.7 Å². The van der Waals surface area contributed by atoms with Gasteiger partial charge in [0.25, 0.3) is 11.8 Å². The zero-order valence-corrected chi connectivity index (χ0v) is 26.5. The minimum Gasteiger partial charge on any atom is -0.483 e. The Morgan fingerprint density at radius 3 is 2.31 bits per heavy atom. The normalized spacial score (nSPS) is 14.7. The van der Waals surface area contributed by atoms with Crippen molar-refractivity contribution >= 4 is 57.9 Å². The first-order chi connectivity index (χ1) is 19.8. The molecule has 7 nitrogen and oxygen atoms in total. The Morgan fingerprint density at radius 2 is 1.67 bits per heavy atom. The Bertz CT molecular complexity index is 1500. The molecule has 2 N–H and O–H groups in total. The Balaban J connectivity index is 1.40. The van der Waals surface area contributed by atoms with Crippen LogP contribution in [0.2, 0.25) is 10.0 Å². The third kappa shape index (κ3) is 7.26. The van der Waals surface area contributed by atoms with E-state index in [1.54, 1.807) is 42.5 Å². The maximum absolute atomic E-state index is 12.8. The average Bonchev–Trinajstić information content (AvgIpc) is 3.33. The molecule has 0 atom stereocenters. The second-order valence-corrected chi connectivity index (χ2v) is 12.6. The number of ether oxygens (including phenoxy) is 1. The van der Waals surface area contributed by atoms with Gasteiger partial charge in [-0.1, -0.05) is 76.9 Å². The van der Waals surface area contributed by atoms with Crippen LogP contribution in [-0.2, 0) is 20.4 Å². The van der Waals surface area contributed by atoms with E-state index in [0.717, 1.165) is 24.2 Å². The van der Waals surface area contributed by atoms with E-state index in [1.165, 1.54) is 10.6 Å². The molecule has 222 valence electrons. The summed E-state index contributed by atoms with van der Waals surface area (Å²) in [5.74, 6) is 0.753. The summed E-state index contributed by atoms with van der Waals surface area (Å²) in [6.45, 7) is 13.1. The number of nitrogens with zero attached hydrogens (tertiary/aromatic N) is 2. The lowest BCUT2D eigenvalue weighted by molar-refractivity contribution is -0.118. The fourth-order valence-corrected chi connectivity index (χ4v) is 4.93. The second kappa shape index (κ2) is 12.8.